The molecule has 0 bridgehead atoms. The fourth-order valence-electron chi connectivity index (χ4n) is 4.40. The van der Waals surface area contributed by atoms with Gasteiger partial charge in [-0.2, -0.15) is 0 Å². The molecule has 2 heterocycles. The van der Waals surface area contributed by atoms with Crippen molar-refractivity contribution >= 4 is 17.5 Å². The molecule has 3 rings (SSSR count). The minimum absolute atomic E-state index is 0.0320. The lowest BCUT2D eigenvalue weighted by molar-refractivity contribution is -0.139. The second-order valence-corrected chi connectivity index (χ2v) is 8.40. The number of nitrogens with one attached hydrogen (secondary N) is 1. The van der Waals surface area contributed by atoms with Gasteiger partial charge in [-0.05, 0) is 44.2 Å². The maximum Gasteiger partial charge on any atom is 0.225 e. The molecule has 0 aliphatic carbocycles. The molecule has 2 aliphatic heterocycles. The Morgan fingerprint density at radius 1 is 1.17 bits per heavy atom. The Balaban J connectivity index is 1.58. The second kappa shape index (κ2) is 9.99. The summed E-state index contributed by atoms with van der Waals surface area (Å²) in [7, 11) is 1.69. The van der Waals surface area contributed by atoms with Gasteiger partial charge in [0.15, 0.2) is 0 Å². The first kappa shape index (κ1) is 21.5. The number of nitrogens with zero attached hydrogens (tertiary/aromatic N) is 2. The van der Waals surface area contributed by atoms with Gasteiger partial charge in [-0.15, -0.1) is 0 Å². The molecule has 2 fully saturated rings. The van der Waals surface area contributed by atoms with Crippen LogP contribution in [0.2, 0.25) is 0 Å². The molecule has 1 aromatic rings. The van der Waals surface area contributed by atoms with Gasteiger partial charge >= 0.3 is 0 Å². The molecule has 3 atom stereocenters. The highest BCUT2D eigenvalue weighted by Gasteiger charge is 2.32. The molecule has 0 spiro atoms. The van der Waals surface area contributed by atoms with Crippen LogP contribution in [0, 0.1) is 11.8 Å². The number of rotatable bonds is 6. The first-order valence-electron chi connectivity index (χ1n) is 11.0. The van der Waals surface area contributed by atoms with Crippen LogP contribution < -0.4 is 15.0 Å². The number of amides is 2. The van der Waals surface area contributed by atoms with Crippen LogP contribution in [0.5, 0.6) is 5.75 Å². The second-order valence-electron chi connectivity index (χ2n) is 8.40. The lowest BCUT2D eigenvalue weighted by Gasteiger charge is -2.37. The van der Waals surface area contributed by atoms with Gasteiger partial charge in [0.05, 0.1) is 18.7 Å². The Kier molecular flexibility index (Phi) is 7.40. The highest BCUT2D eigenvalue weighted by molar-refractivity contribution is 5.82. The summed E-state index contributed by atoms with van der Waals surface area (Å²) in [6, 6.07) is 8.17. The van der Waals surface area contributed by atoms with E-state index in [1.807, 2.05) is 36.9 Å². The molecule has 3 unspecified atom stereocenters. The van der Waals surface area contributed by atoms with Gasteiger partial charge in [0.1, 0.15) is 5.75 Å². The molecule has 0 aromatic heterocycles. The van der Waals surface area contributed by atoms with Crippen LogP contribution in [0.15, 0.2) is 24.3 Å². The molecule has 0 radical (unpaired) electrons. The van der Waals surface area contributed by atoms with Gasteiger partial charge in [0.25, 0.3) is 0 Å². The van der Waals surface area contributed by atoms with Crippen LogP contribution in [0.25, 0.3) is 0 Å². The van der Waals surface area contributed by atoms with Crippen LogP contribution >= 0.6 is 0 Å². The number of likely N-dealkylation sites (tertiary alicyclic amines) is 1. The largest absolute Gasteiger partial charge is 0.495 e. The summed E-state index contributed by atoms with van der Waals surface area (Å²) < 4.78 is 5.51. The van der Waals surface area contributed by atoms with Crippen molar-refractivity contribution in [2.75, 3.05) is 38.2 Å². The summed E-state index contributed by atoms with van der Waals surface area (Å²) in [5.41, 5.74) is 1.08. The molecule has 160 valence electrons. The summed E-state index contributed by atoms with van der Waals surface area (Å²) in [6.07, 6.45) is 4.62. The van der Waals surface area contributed by atoms with Gasteiger partial charge in [-0.1, -0.05) is 26.0 Å². The summed E-state index contributed by atoms with van der Waals surface area (Å²) in [6.45, 7) is 7.09. The van der Waals surface area contributed by atoms with Gasteiger partial charge in [-0.25, -0.2) is 0 Å². The monoisotopic (exact) mass is 401 g/mol. The lowest BCUT2D eigenvalue weighted by atomic mass is 9.94. The Bertz CT molecular complexity index is 708. The number of methoxy groups -OCH3 is 1. The highest BCUT2D eigenvalue weighted by Crippen LogP contribution is 2.30. The highest BCUT2D eigenvalue weighted by atomic mass is 16.5. The Morgan fingerprint density at radius 3 is 2.69 bits per heavy atom. The average molecular weight is 402 g/mol. The van der Waals surface area contributed by atoms with Gasteiger partial charge in [-0.3, -0.25) is 9.59 Å². The molecule has 2 saturated heterocycles. The van der Waals surface area contributed by atoms with Crippen LogP contribution in [0.1, 0.15) is 46.0 Å². The molecule has 1 aromatic carbocycles. The van der Waals surface area contributed by atoms with E-state index in [-0.39, 0.29) is 29.7 Å². The number of carbonyl (C=O) groups excluding carboxylic acids is 2. The summed E-state index contributed by atoms with van der Waals surface area (Å²) >= 11 is 0. The third-order valence-corrected chi connectivity index (χ3v) is 6.33. The minimum atomic E-state index is -0.0987. The van der Waals surface area contributed by atoms with Crippen molar-refractivity contribution < 1.29 is 14.3 Å². The smallest absolute Gasteiger partial charge is 0.225 e. The number of hydrogen-bond acceptors (Lipinski definition) is 4. The number of anilines is 1. The van der Waals surface area contributed by atoms with E-state index in [0.29, 0.717) is 6.54 Å². The van der Waals surface area contributed by atoms with Crippen LogP contribution in [0.3, 0.4) is 0 Å². The number of hydrogen-bond donors (Lipinski definition) is 1. The van der Waals surface area contributed by atoms with E-state index < -0.39 is 0 Å². The van der Waals surface area contributed by atoms with Gasteiger partial charge in [0.2, 0.25) is 11.8 Å². The molecule has 1 N–H and O–H groups in total. The topological polar surface area (TPSA) is 61.9 Å². The van der Waals surface area contributed by atoms with Crippen molar-refractivity contribution in [2.24, 2.45) is 11.8 Å². The van der Waals surface area contributed by atoms with Crippen molar-refractivity contribution in [3.8, 4) is 5.75 Å². The molecule has 6 heteroatoms. The third kappa shape index (κ3) is 5.22. The van der Waals surface area contributed by atoms with Crippen LogP contribution in [0.4, 0.5) is 5.69 Å². The first-order valence-corrected chi connectivity index (χ1v) is 11.0. The molecule has 6 nitrogen and oxygen atoms in total. The van der Waals surface area contributed by atoms with E-state index in [4.69, 9.17) is 4.74 Å². The molecular weight excluding hydrogens is 366 g/mol. The van der Waals surface area contributed by atoms with Crippen LogP contribution in [-0.2, 0) is 9.59 Å². The number of benzene rings is 1. The number of piperidine rings is 2. The molecule has 0 saturated carbocycles. The summed E-state index contributed by atoms with van der Waals surface area (Å²) in [5.74, 6) is 1.08. The van der Waals surface area contributed by atoms with Crippen molar-refractivity contribution in [2.45, 2.75) is 52.0 Å². The first-order chi connectivity index (χ1) is 14.0. The van der Waals surface area contributed by atoms with E-state index in [0.717, 1.165) is 63.2 Å². The number of ether oxygens (including phenoxy) is 1. The predicted octanol–water partition coefficient (Wildman–Crippen LogP) is 3.06. The van der Waals surface area contributed by atoms with E-state index in [1.54, 1.807) is 7.11 Å². The van der Waals surface area contributed by atoms with E-state index in [1.165, 1.54) is 0 Å². The van der Waals surface area contributed by atoms with Gasteiger partial charge < -0.3 is 19.9 Å². The molecule has 2 aliphatic rings. The zero-order valence-corrected chi connectivity index (χ0v) is 18.0. The predicted molar refractivity (Wildman–Crippen MR) is 115 cm³/mol. The SMILES string of the molecule is CCC(C)C(=O)N1CCCC(C(=O)NC2CCCN(c3ccccc3OC)C2)C1. The fourth-order valence-corrected chi connectivity index (χ4v) is 4.40. The maximum absolute atomic E-state index is 12.9. The zero-order valence-electron chi connectivity index (χ0n) is 18.0. The zero-order chi connectivity index (χ0) is 20.8. The molecule has 2 amide bonds. The average Bonchev–Trinajstić information content (AvgIpc) is 2.78. The quantitative estimate of drug-likeness (QED) is 0.796. The normalized spacial score (nSPS) is 23.4. The summed E-state index contributed by atoms with van der Waals surface area (Å²) in [5, 5.41) is 3.27. The van der Waals surface area contributed by atoms with Crippen LogP contribution in [-0.4, -0.2) is 56.0 Å². The minimum Gasteiger partial charge on any atom is -0.495 e. The van der Waals surface area contributed by atoms with Gasteiger partial charge in [0, 0.05) is 38.1 Å². The van der Waals surface area contributed by atoms with Crippen molar-refractivity contribution in [3.05, 3.63) is 24.3 Å². The van der Waals surface area contributed by atoms with Crippen molar-refractivity contribution in [3.63, 3.8) is 0 Å². The maximum atomic E-state index is 12.9. The fraction of sp³-hybridized carbons (Fsp3) is 0.652. The van der Waals surface area contributed by atoms with Crippen molar-refractivity contribution in [1.82, 2.24) is 10.2 Å². The summed E-state index contributed by atoms with van der Waals surface area (Å²) in [4.78, 5) is 29.7. The number of para-hydroxylation sites is 2. The Hall–Kier alpha value is -2.24. The Labute approximate surface area is 174 Å². The standard InChI is InChI=1S/C23H35N3O3/c1-4-17(2)23(28)26-14-7-9-18(15-26)22(27)24-19-10-8-13-25(16-19)20-11-5-6-12-21(20)29-3/h5-6,11-12,17-19H,4,7-10,13-16H2,1-3H3,(H,24,27). The van der Waals surface area contributed by atoms with E-state index in [9.17, 15) is 9.59 Å². The van der Waals surface area contributed by atoms with Crippen molar-refractivity contribution in [1.29, 1.82) is 0 Å². The lowest BCUT2D eigenvalue weighted by Crippen LogP contribution is -2.52. The van der Waals surface area contributed by atoms with E-state index >= 15 is 0 Å². The molecule has 29 heavy (non-hydrogen) atoms. The molecular formula is C23H35N3O3. The number of carbonyl (C=O) groups is 2. The third-order valence-electron chi connectivity index (χ3n) is 6.33. The Morgan fingerprint density at radius 2 is 1.93 bits per heavy atom. The van der Waals surface area contributed by atoms with E-state index in [2.05, 4.69) is 16.3 Å².